The molecule has 1 unspecified atom stereocenters. The van der Waals surface area contributed by atoms with E-state index in [-0.39, 0.29) is 24.1 Å². The third kappa shape index (κ3) is 4.96. The molecule has 34 heavy (non-hydrogen) atoms. The highest BCUT2D eigenvalue weighted by Gasteiger charge is 2.27. The van der Waals surface area contributed by atoms with Gasteiger partial charge in [0.1, 0.15) is 11.6 Å². The van der Waals surface area contributed by atoms with E-state index in [4.69, 9.17) is 9.84 Å². The fourth-order valence-corrected chi connectivity index (χ4v) is 4.63. The zero-order chi connectivity index (χ0) is 24.2. The largest absolute Gasteiger partial charge is 0.496 e. The fraction of sp³-hybridized carbons (Fsp3) is 0.286. The number of ether oxygens (including phenoxy) is 1. The first-order valence-electron chi connectivity index (χ1n) is 11.4. The second kappa shape index (κ2) is 10.1. The number of carboxylic acids is 1. The molecule has 1 atom stereocenters. The molecule has 0 radical (unpaired) electrons. The molecule has 3 aromatic carbocycles. The predicted octanol–water partition coefficient (Wildman–Crippen LogP) is 5.21. The fourth-order valence-electron chi connectivity index (χ4n) is 4.63. The molecule has 0 bridgehead atoms. The molecule has 6 heteroatoms. The summed E-state index contributed by atoms with van der Waals surface area (Å²) in [7, 11) is 1.53. The van der Waals surface area contributed by atoms with Gasteiger partial charge in [-0.1, -0.05) is 55.5 Å². The van der Waals surface area contributed by atoms with E-state index in [0.29, 0.717) is 42.8 Å². The molecule has 5 nitrogen and oxygen atoms in total. The van der Waals surface area contributed by atoms with E-state index in [1.54, 1.807) is 23.1 Å². The summed E-state index contributed by atoms with van der Waals surface area (Å²) in [6, 6.07) is 18.4. The van der Waals surface area contributed by atoms with Crippen LogP contribution >= 0.6 is 0 Å². The van der Waals surface area contributed by atoms with Gasteiger partial charge in [0.05, 0.1) is 13.5 Å². The van der Waals surface area contributed by atoms with Crippen molar-refractivity contribution in [3.63, 3.8) is 0 Å². The van der Waals surface area contributed by atoms with Gasteiger partial charge in [-0.15, -0.1) is 0 Å². The maximum atomic E-state index is 14.7. The van der Waals surface area contributed by atoms with Crippen molar-refractivity contribution in [2.75, 3.05) is 13.7 Å². The Morgan fingerprint density at radius 3 is 2.50 bits per heavy atom. The van der Waals surface area contributed by atoms with Crippen LogP contribution in [-0.2, 0) is 29.0 Å². The lowest BCUT2D eigenvalue weighted by atomic mass is 9.89. The molecule has 1 aliphatic heterocycles. The van der Waals surface area contributed by atoms with Gasteiger partial charge in [-0.05, 0) is 52.3 Å². The van der Waals surface area contributed by atoms with E-state index in [2.05, 4.69) is 0 Å². The number of nitrogens with zero attached hydrogens (tertiary/aromatic N) is 1. The van der Waals surface area contributed by atoms with E-state index in [1.807, 2.05) is 43.3 Å². The van der Waals surface area contributed by atoms with Crippen LogP contribution in [0.2, 0.25) is 0 Å². The van der Waals surface area contributed by atoms with Gasteiger partial charge >= 0.3 is 5.97 Å². The van der Waals surface area contributed by atoms with Crippen molar-refractivity contribution >= 4 is 11.9 Å². The number of amides is 1. The highest BCUT2D eigenvalue weighted by Crippen LogP contribution is 2.38. The summed E-state index contributed by atoms with van der Waals surface area (Å²) >= 11 is 0. The zero-order valence-electron chi connectivity index (χ0n) is 19.4. The monoisotopic (exact) mass is 461 g/mol. The van der Waals surface area contributed by atoms with Crippen LogP contribution < -0.4 is 4.74 Å². The quantitative estimate of drug-likeness (QED) is 0.525. The minimum atomic E-state index is -0.923. The molecule has 0 saturated carbocycles. The third-order valence-electron chi connectivity index (χ3n) is 6.47. The topological polar surface area (TPSA) is 66.8 Å². The number of rotatable bonds is 7. The Kier molecular flexibility index (Phi) is 6.96. The van der Waals surface area contributed by atoms with Crippen LogP contribution in [0.4, 0.5) is 4.39 Å². The molecule has 1 heterocycles. The van der Waals surface area contributed by atoms with Crippen LogP contribution in [0.1, 0.15) is 41.5 Å². The Morgan fingerprint density at radius 1 is 1.06 bits per heavy atom. The van der Waals surface area contributed by atoms with Crippen molar-refractivity contribution in [3.05, 3.63) is 88.7 Å². The summed E-state index contributed by atoms with van der Waals surface area (Å²) in [6.45, 7) is 2.84. The van der Waals surface area contributed by atoms with Gasteiger partial charge in [-0.25, -0.2) is 4.39 Å². The Balaban J connectivity index is 1.62. The lowest BCUT2D eigenvalue weighted by Gasteiger charge is -2.32. The zero-order valence-corrected chi connectivity index (χ0v) is 19.4. The molecule has 1 amide bonds. The predicted molar refractivity (Wildman–Crippen MR) is 128 cm³/mol. The number of carboxylic acid groups (broad SMARTS) is 1. The maximum absolute atomic E-state index is 14.7. The molecule has 4 rings (SSSR count). The molecule has 0 spiro atoms. The number of methoxy groups -OCH3 is 1. The van der Waals surface area contributed by atoms with Gasteiger partial charge < -0.3 is 14.7 Å². The number of hydrogen-bond acceptors (Lipinski definition) is 3. The molecule has 3 aromatic rings. The van der Waals surface area contributed by atoms with Crippen molar-refractivity contribution in [2.24, 2.45) is 0 Å². The van der Waals surface area contributed by atoms with Crippen LogP contribution in [0.5, 0.6) is 5.75 Å². The van der Waals surface area contributed by atoms with Crippen molar-refractivity contribution in [3.8, 4) is 16.9 Å². The van der Waals surface area contributed by atoms with E-state index < -0.39 is 5.97 Å². The average Bonchev–Trinajstić information content (AvgIpc) is 2.84. The number of benzene rings is 3. The van der Waals surface area contributed by atoms with Gasteiger partial charge in [0, 0.05) is 25.1 Å². The lowest BCUT2D eigenvalue weighted by Crippen LogP contribution is -2.37. The molecule has 176 valence electrons. The first-order valence-corrected chi connectivity index (χ1v) is 11.4. The summed E-state index contributed by atoms with van der Waals surface area (Å²) in [4.78, 5) is 26.0. The summed E-state index contributed by atoms with van der Waals surface area (Å²) in [6.07, 6.45) is 0.719. The number of hydrogen-bond donors (Lipinski definition) is 1. The molecule has 0 aliphatic carbocycles. The molecule has 1 aliphatic rings. The minimum absolute atomic E-state index is 0.0426. The highest BCUT2D eigenvalue weighted by atomic mass is 19.1. The summed E-state index contributed by atoms with van der Waals surface area (Å²) in [5.41, 5.74) is 4.68. The van der Waals surface area contributed by atoms with Gasteiger partial charge in [-0.2, -0.15) is 0 Å². The van der Waals surface area contributed by atoms with Crippen molar-refractivity contribution in [1.29, 1.82) is 0 Å². The van der Waals surface area contributed by atoms with Crippen LogP contribution in [0.15, 0.2) is 60.7 Å². The van der Waals surface area contributed by atoms with Crippen LogP contribution in [0, 0.1) is 5.82 Å². The molecule has 0 fully saturated rings. The molecular weight excluding hydrogens is 433 g/mol. The lowest BCUT2D eigenvalue weighted by molar-refractivity contribution is -0.136. The van der Waals surface area contributed by atoms with Gasteiger partial charge in [-0.3, -0.25) is 9.59 Å². The van der Waals surface area contributed by atoms with E-state index in [9.17, 15) is 14.0 Å². The Hall–Kier alpha value is -3.67. The first-order chi connectivity index (χ1) is 16.4. The minimum Gasteiger partial charge on any atom is -0.496 e. The molecule has 1 N–H and O–H groups in total. The number of fused-ring (bicyclic) bond motifs is 1. The highest BCUT2D eigenvalue weighted by molar-refractivity contribution is 5.80. The van der Waals surface area contributed by atoms with Crippen molar-refractivity contribution in [2.45, 2.75) is 38.6 Å². The standard InChI is InChI=1S/C28H28FNO4/c1-18(20-6-4-3-5-7-20)14-27(31)30-13-12-22-24(17-30)21(10-11-25(22)29)23-9-8-19(16-28(32)33)15-26(23)34-2/h3-11,15,18H,12-14,16-17H2,1-2H3,(H,32,33). The normalized spacial score (nSPS) is 13.8. The van der Waals surface area contributed by atoms with Crippen LogP contribution in [-0.4, -0.2) is 35.5 Å². The summed E-state index contributed by atoms with van der Waals surface area (Å²) in [5, 5.41) is 9.10. The third-order valence-corrected chi connectivity index (χ3v) is 6.47. The van der Waals surface area contributed by atoms with E-state index in [0.717, 1.165) is 22.3 Å². The SMILES string of the molecule is COc1cc(CC(=O)O)ccc1-c1ccc(F)c2c1CN(C(=O)CC(C)c1ccccc1)CC2. The van der Waals surface area contributed by atoms with Crippen LogP contribution in [0.25, 0.3) is 11.1 Å². The van der Waals surface area contributed by atoms with Crippen LogP contribution in [0.3, 0.4) is 0 Å². The van der Waals surface area contributed by atoms with Gasteiger partial charge in [0.25, 0.3) is 0 Å². The smallest absolute Gasteiger partial charge is 0.307 e. The van der Waals surface area contributed by atoms with Crippen molar-refractivity contribution < 1.29 is 23.8 Å². The van der Waals surface area contributed by atoms with E-state index >= 15 is 0 Å². The van der Waals surface area contributed by atoms with Gasteiger partial charge in [0.15, 0.2) is 0 Å². The second-order valence-electron chi connectivity index (χ2n) is 8.74. The Bertz CT molecular complexity index is 1210. The Morgan fingerprint density at radius 2 is 1.79 bits per heavy atom. The number of carbonyl (C=O) groups is 2. The number of aliphatic carboxylic acids is 1. The Labute approximate surface area is 198 Å². The molecular formula is C28H28FNO4. The molecule has 0 saturated heterocycles. The van der Waals surface area contributed by atoms with E-state index in [1.165, 1.54) is 13.2 Å². The first kappa shape index (κ1) is 23.5. The second-order valence-corrected chi connectivity index (χ2v) is 8.74. The average molecular weight is 462 g/mol. The summed E-state index contributed by atoms with van der Waals surface area (Å²) in [5.74, 6) is -0.545. The summed E-state index contributed by atoms with van der Waals surface area (Å²) < 4.78 is 20.3. The number of halogens is 1. The maximum Gasteiger partial charge on any atom is 0.307 e. The van der Waals surface area contributed by atoms with Gasteiger partial charge in [0.2, 0.25) is 5.91 Å². The molecule has 0 aromatic heterocycles. The number of carbonyl (C=O) groups excluding carboxylic acids is 1. The van der Waals surface area contributed by atoms with Crippen molar-refractivity contribution in [1.82, 2.24) is 4.90 Å².